The second-order valence-electron chi connectivity index (χ2n) is 11.6. The topological polar surface area (TPSA) is 66.5 Å². The number of hydrogen-bond donors (Lipinski definition) is 0. The number of hydrogen-bond acceptors (Lipinski definition) is 6. The molecule has 228 valence electrons. The third-order valence-electron chi connectivity index (χ3n) is 8.43. The predicted octanol–water partition coefficient (Wildman–Crippen LogP) is 7.03. The number of carbonyl (C=O) groups excluding carboxylic acids is 1. The summed E-state index contributed by atoms with van der Waals surface area (Å²) in [6, 6.07) is 19.3. The number of amides is 1. The van der Waals surface area contributed by atoms with Gasteiger partial charge >= 0.3 is 0 Å². The molecule has 7 heteroatoms. The molecule has 3 saturated heterocycles. The van der Waals surface area contributed by atoms with E-state index in [0.717, 1.165) is 24.0 Å². The highest BCUT2D eigenvalue weighted by Crippen LogP contribution is 2.39. The molecule has 3 fully saturated rings. The van der Waals surface area contributed by atoms with Crippen LogP contribution in [0.4, 0.5) is 0 Å². The summed E-state index contributed by atoms with van der Waals surface area (Å²) in [5.41, 5.74) is 1.92. The molecular weight excluding hydrogens is 530 g/mol. The third-order valence-corrected chi connectivity index (χ3v) is 8.43. The molecule has 2 aromatic rings. The van der Waals surface area contributed by atoms with Gasteiger partial charge in [0.2, 0.25) is 5.91 Å². The van der Waals surface area contributed by atoms with Crippen LogP contribution in [0.15, 0.2) is 66.7 Å². The smallest absolute Gasteiger partial charge is 0.248 e. The maximum atomic E-state index is 13.4. The zero-order valence-electron chi connectivity index (χ0n) is 25.0. The highest BCUT2D eigenvalue weighted by Gasteiger charge is 2.56. The van der Waals surface area contributed by atoms with E-state index in [9.17, 15) is 4.79 Å². The van der Waals surface area contributed by atoms with Gasteiger partial charge in [-0.2, -0.15) is 0 Å². The van der Waals surface area contributed by atoms with E-state index in [0.29, 0.717) is 13.2 Å². The maximum absolute atomic E-state index is 13.4. The Bertz CT molecular complexity index is 1100. The largest absolute Gasteiger partial charge is 0.353 e. The fraction of sp³-hybridized carbons (Fsp3) is 0.571. The summed E-state index contributed by atoms with van der Waals surface area (Å²) in [4.78, 5) is 15.1. The minimum atomic E-state index is -0.605. The van der Waals surface area contributed by atoms with Crippen LogP contribution in [0, 0.1) is 0 Å². The molecular formula is C35H47NO6. The minimum Gasteiger partial charge on any atom is -0.353 e. The van der Waals surface area contributed by atoms with E-state index in [1.807, 2.05) is 66.7 Å². The van der Waals surface area contributed by atoms with Gasteiger partial charge in [-0.05, 0) is 18.1 Å². The minimum absolute atomic E-state index is 0.132. The summed E-state index contributed by atoms with van der Waals surface area (Å²) in [6.07, 6.45) is 13.9. The van der Waals surface area contributed by atoms with Crippen LogP contribution in [0.1, 0.15) is 88.5 Å². The van der Waals surface area contributed by atoms with Crippen molar-refractivity contribution in [2.24, 2.45) is 0 Å². The standard InChI is InChI=1S/C35H47NO6/c1-2-3-4-5-6-7-8-9-10-17-24-38-35-31-33(40-26-36(31)30(37)23-22-27-18-13-11-14-19-27)32-29(41-35)25-39-34(42-32)28-20-15-12-16-21-28/h11-16,18-23,29,31-35H,2-10,17,24-26H2,1H3/b23-22+/t29-,31-,32-,33+,34-,35-/m1/s1. The number of rotatable bonds is 15. The molecule has 3 aliphatic heterocycles. The Labute approximate surface area is 251 Å². The Morgan fingerprint density at radius 3 is 2.21 bits per heavy atom. The van der Waals surface area contributed by atoms with Crippen molar-refractivity contribution in [1.82, 2.24) is 4.90 Å². The lowest BCUT2D eigenvalue weighted by molar-refractivity contribution is -0.341. The lowest BCUT2D eigenvalue weighted by atomic mass is 9.95. The number of unbranched alkanes of at least 4 members (excludes halogenated alkanes) is 9. The van der Waals surface area contributed by atoms with Crippen molar-refractivity contribution >= 4 is 12.0 Å². The van der Waals surface area contributed by atoms with Crippen LogP contribution in [-0.4, -0.2) is 61.4 Å². The summed E-state index contributed by atoms with van der Waals surface area (Å²) < 4.78 is 31.5. The molecule has 2 aromatic carbocycles. The van der Waals surface area contributed by atoms with Gasteiger partial charge in [0.05, 0.1) is 6.61 Å². The fourth-order valence-corrected chi connectivity index (χ4v) is 6.07. The molecule has 7 nitrogen and oxygen atoms in total. The fourth-order valence-electron chi connectivity index (χ4n) is 6.07. The van der Waals surface area contributed by atoms with Crippen LogP contribution in [0.25, 0.3) is 6.08 Å². The number of fused-ring (bicyclic) bond motifs is 3. The van der Waals surface area contributed by atoms with Crippen molar-refractivity contribution in [2.75, 3.05) is 19.9 Å². The Morgan fingerprint density at radius 2 is 1.50 bits per heavy atom. The van der Waals surface area contributed by atoms with Crippen molar-refractivity contribution in [3.63, 3.8) is 0 Å². The first-order valence-corrected chi connectivity index (χ1v) is 16.0. The summed E-state index contributed by atoms with van der Waals surface area (Å²) >= 11 is 0. The third kappa shape index (κ3) is 8.29. The Kier molecular flexibility index (Phi) is 12.0. The molecule has 0 saturated carbocycles. The zero-order chi connectivity index (χ0) is 29.0. The van der Waals surface area contributed by atoms with Gasteiger partial charge < -0.3 is 28.6 Å². The van der Waals surface area contributed by atoms with Gasteiger partial charge in [0.25, 0.3) is 0 Å². The zero-order valence-corrected chi connectivity index (χ0v) is 25.0. The highest BCUT2D eigenvalue weighted by molar-refractivity contribution is 5.92. The second kappa shape index (κ2) is 16.3. The van der Waals surface area contributed by atoms with E-state index in [-0.39, 0.29) is 30.9 Å². The summed E-state index contributed by atoms with van der Waals surface area (Å²) in [7, 11) is 0. The van der Waals surface area contributed by atoms with Gasteiger partial charge in [-0.1, -0.05) is 125 Å². The van der Waals surface area contributed by atoms with E-state index < -0.39 is 18.6 Å². The average molecular weight is 578 g/mol. The lowest BCUT2D eigenvalue weighted by Gasteiger charge is -2.47. The van der Waals surface area contributed by atoms with Gasteiger partial charge in [0, 0.05) is 18.2 Å². The van der Waals surface area contributed by atoms with E-state index in [2.05, 4.69) is 6.92 Å². The first-order valence-electron chi connectivity index (χ1n) is 16.0. The number of nitrogens with zero attached hydrogens (tertiary/aromatic N) is 1. The molecule has 42 heavy (non-hydrogen) atoms. The molecule has 5 rings (SSSR count). The monoisotopic (exact) mass is 577 g/mol. The summed E-state index contributed by atoms with van der Waals surface area (Å²) in [5.74, 6) is -0.132. The molecule has 0 unspecified atom stereocenters. The van der Waals surface area contributed by atoms with Crippen LogP contribution >= 0.6 is 0 Å². The second-order valence-corrected chi connectivity index (χ2v) is 11.6. The SMILES string of the molecule is CCCCCCCCCCCCO[C@@H]1O[C@@H]2CO[C@@H](c3ccccc3)O[C@H]2[C@H]2OCN(C(=O)/C=C/c3ccccc3)[C@@H]12. The molecule has 1 amide bonds. The van der Waals surface area contributed by atoms with Gasteiger partial charge in [-0.15, -0.1) is 0 Å². The van der Waals surface area contributed by atoms with E-state index in [4.69, 9.17) is 23.7 Å². The Balaban J connectivity index is 1.18. The molecule has 0 spiro atoms. The number of ether oxygens (including phenoxy) is 5. The van der Waals surface area contributed by atoms with Crippen molar-refractivity contribution in [1.29, 1.82) is 0 Å². The summed E-state index contributed by atoms with van der Waals surface area (Å²) in [6.45, 7) is 3.38. The predicted molar refractivity (Wildman–Crippen MR) is 162 cm³/mol. The van der Waals surface area contributed by atoms with Crippen molar-refractivity contribution in [3.8, 4) is 0 Å². The molecule has 3 aliphatic rings. The maximum Gasteiger partial charge on any atom is 0.248 e. The molecule has 0 radical (unpaired) electrons. The molecule has 0 bridgehead atoms. The van der Waals surface area contributed by atoms with Gasteiger partial charge in [-0.25, -0.2) is 0 Å². The Morgan fingerprint density at radius 1 is 0.833 bits per heavy atom. The molecule has 0 N–H and O–H groups in total. The van der Waals surface area contributed by atoms with Crippen molar-refractivity contribution in [2.45, 2.75) is 108 Å². The van der Waals surface area contributed by atoms with Crippen LogP contribution in [-0.2, 0) is 28.5 Å². The van der Waals surface area contributed by atoms with Gasteiger partial charge in [0.1, 0.15) is 31.1 Å². The van der Waals surface area contributed by atoms with Crippen molar-refractivity contribution in [3.05, 3.63) is 77.9 Å². The Hall–Kier alpha value is -2.55. The van der Waals surface area contributed by atoms with Gasteiger partial charge in [0.15, 0.2) is 12.6 Å². The van der Waals surface area contributed by atoms with E-state index >= 15 is 0 Å². The molecule has 0 aliphatic carbocycles. The van der Waals surface area contributed by atoms with Crippen LogP contribution < -0.4 is 0 Å². The van der Waals surface area contributed by atoms with Gasteiger partial charge in [-0.3, -0.25) is 4.79 Å². The van der Waals surface area contributed by atoms with Crippen LogP contribution in [0.2, 0.25) is 0 Å². The molecule has 6 atom stereocenters. The van der Waals surface area contributed by atoms with E-state index in [1.54, 1.807) is 11.0 Å². The molecule has 3 heterocycles. The first-order chi connectivity index (χ1) is 20.7. The normalized spacial score (nSPS) is 27.2. The lowest BCUT2D eigenvalue weighted by Crippen LogP contribution is -2.64. The first kappa shape index (κ1) is 30.9. The van der Waals surface area contributed by atoms with E-state index in [1.165, 1.54) is 51.4 Å². The highest BCUT2D eigenvalue weighted by atomic mass is 16.8. The van der Waals surface area contributed by atoms with Crippen molar-refractivity contribution < 1.29 is 28.5 Å². The van der Waals surface area contributed by atoms with Crippen LogP contribution in [0.3, 0.4) is 0 Å². The summed E-state index contributed by atoms with van der Waals surface area (Å²) in [5, 5.41) is 0. The number of carbonyl (C=O) groups is 1. The average Bonchev–Trinajstić information content (AvgIpc) is 3.49. The molecule has 0 aromatic heterocycles. The number of benzene rings is 2. The quantitative estimate of drug-likeness (QED) is 0.167. The van der Waals surface area contributed by atoms with Crippen LogP contribution in [0.5, 0.6) is 0 Å².